The van der Waals surface area contributed by atoms with E-state index in [0.717, 1.165) is 11.3 Å². The Labute approximate surface area is 137 Å². The monoisotopic (exact) mass is 316 g/mol. The molecule has 0 radical (unpaired) electrons. The summed E-state index contributed by atoms with van der Waals surface area (Å²) in [4.78, 5) is 4.50. The first kappa shape index (κ1) is 17.6. The Morgan fingerprint density at radius 3 is 2.39 bits per heavy atom. The highest BCUT2D eigenvalue weighted by molar-refractivity contribution is 5.28. The van der Waals surface area contributed by atoms with Gasteiger partial charge in [-0.05, 0) is 23.6 Å². The number of aliphatic hydroxyl groups is 1. The number of benzene rings is 1. The van der Waals surface area contributed by atoms with E-state index in [0.29, 0.717) is 12.2 Å². The van der Waals surface area contributed by atoms with Crippen LogP contribution in [0.15, 0.2) is 42.5 Å². The zero-order chi connectivity index (χ0) is 16.8. The lowest BCUT2D eigenvalue weighted by atomic mass is 9.97. The topological polar surface area (TPSA) is 45.1 Å². The highest BCUT2D eigenvalue weighted by Crippen LogP contribution is 2.23. The first-order valence-electron chi connectivity index (χ1n) is 8.07. The second kappa shape index (κ2) is 8.18. The van der Waals surface area contributed by atoms with Gasteiger partial charge in [0.25, 0.3) is 0 Å². The standard InChI is InChI=1S/C19H25FN2O/c1-13(2)19(12-23)21-11-18-16(20)9-10-17(22-18)14(3)15-7-5-4-6-8-15/h4-10,13-14,19,21,23H,11-12H2,1-3H3/t14?,19-/m0/s1. The average Bonchev–Trinajstić information content (AvgIpc) is 2.56. The Morgan fingerprint density at radius 1 is 1.09 bits per heavy atom. The predicted octanol–water partition coefficient (Wildman–Crippen LogP) is 3.48. The van der Waals surface area contributed by atoms with Crippen molar-refractivity contribution in [2.24, 2.45) is 5.92 Å². The second-order valence-electron chi connectivity index (χ2n) is 6.21. The van der Waals surface area contributed by atoms with Crippen LogP contribution < -0.4 is 5.32 Å². The molecule has 0 aliphatic carbocycles. The van der Waals surface area contributed by atoms with Crippen LogP contribution in [0.5, 0.6) is 0 Å². The highest BCUT2D eigenvalue weighted by Gasteiger charge is 2.15. The Bertz CT molecular complexity index is 616. The summed E-state index contributed by atoms with van der Waals surface area (Å²) in [6.07, 6.45) is 0. The number of rotatable bonds is 7. The first-order chi connectivity index (χ1) is 11.0. The lowest BCUT2D eigenvalue weighted by Gasteiger charge is -2.20. The summed E-state index contributed by atoms with van der Waals surface area (Å²) in [6.45, 7) is 6.44. The molecule has 1 aromatic carbocycles. The van der Waals surface area contributed by atoms with E-state index >= 15 is 0 Å². The summed E-state index contributed by atoms with van der Waals surface area (Å²) in [7, 11) is 0. The molecule has 0 spiro atoms. The fraction of sp³-hybridized carbons (Fsp3) is 0.421. The molecule has 0 saturated heterocycles. The Morgan fingerprint density at radius 2 is 1.78 bits per heavy atom. The van der Waals surface area contributed by atoms with Crippen LogP contribution in [-0.4, -0.2) is 22.7 Å². The molecule has 2 atom stereocenters. The number of hydrogen-bond donors (Lipinski definition) is 2. The van der Waals surface area contributed by atoms with Gasteiger partial charge in [-0.15, -0.1) is 0 Å². The van der Waals surface area contributed by atoms with Gasteiger partial charge in [0.2, 0.25) is 0 Å². The van der Waals surface area contributed by atoms with E-state index in [4.69, 9.17) is 0 Å². The molecule has 0 bridgehead atoms. The van der Waals surface area contributed by atoms with E-state index in [1.54, 1.807) is 6.07 Å². The minimum atomic E-state index is -0.318. The molecule has 0 aliphatic heterocycles. The van der Waals surface area contributed by atoms with Gasteiger partial charge in [-0.1, -0.05) is 51.1 Å². The zero-order valence-electron chi connectivity index (χ0n) is 14.0. The summed E-state index contributed by atoms with van der Waals surface area (Å²) in [5.74, 6) is 0.0609. The van der Waals surface area contributed by atoms with Crippen LogP contribution in [0.2, 0.25) is 0 Å². The Hall–Kier alpha value is -1.78. The third kappa shape index (κ3) is 4.60. The largest absolute Gasteiger partial charge is 0.395 e. The molecule has 124 valence electrons. The molecule has 3 nitrogen and oxygen atoms in total. The maximum atomic E-state index is 14.0. The number of aliphatic hydroxyl groups excluding tert-OH is 1. The minimum Gasteiger partial charge on any atom is -0.395 e. The van der Waals surface area contributed by atoms with Gasteiger partial charge in [-0.3, -0.25) is 4.98 Å². The number of aromatic nitrogens is 1. The second-order valence-corrected chi connectivity index (χ2v) is 6.21. The predicted molar refractivity (Wildman–Crippen MR) is 90.7 cm³/mol. The van der Waals surface area contributed by atoms with Crippen LogP contribution in [0, 0.1) is 11.7 Å². The van der Waals surface area contributed by atoms with Gasteiger partial charge in [-0.25, -0.2) is 4.39 Å². The smallest absolute Gasteiger partial charge is 0.146 e. The molecule has 0 saturated carbocycles. The van der Waals surface area contributed by atoms with Crippen molar-refractivity contribution in [3.63, 3.8) is 0 Å². The molecule has 0 amide bonds. The number of nitrogens with one attached hydrogen (secondary N) is 1. The SMILES string of the molecule is CC(c1ccccc1)c1ccc(F)c(CN[C@@H](CO)C(C)C)n1. The van der Waals surface area contributed by atoms with Gasteiger partial charge in [0.05, 0.1) is 12.3 Å². The van der Waals surface area contributed by atoms with Crippen molar-refractivity contribution in [3.05, 3.63) is 65.2 Å². The Balaban J connectivity index is 2.15. The number of pyridine rings is 1. The van der Waals surface area contributed by atoms with Gasteiger partial charge in [0, 0.05) is 24.2 Å². The summed E-state index contributed by atoms with van der Waals surface area (Å²) in [6, 6.07) is 13.2. The molecule has 23 heavy (non-hydrogen) atoms. The van der Waals surface area contributed by atoms with E-state index in [9.17, 15) is 9.50 Å². The number of hydrogen-bond acceptors (Lipinski definition) is 3. The highest BCUT2D eigenvalue weighted by atomic mass is 19.1. The van der Waals surface area contributed by atoms with Crippen LogP contribution in [-0.2, 0) is 6.54 Å². The summed E-state index contributed by atoms with van der Waals surface area (Å²) >= 11 is 0. The van der Waals surface area contributed by atoms with Crippen molar-refractivity contribution < 1.29 is 9.50 Å². The Kier molecular flexibility index (Phi) is 6.25. The van der Waals surface area contributed by atoms with E-state index < -0.39 is 0 Å². The quantitative estimate of drug-likeness (QED) is 0.822. The van der Waals surface area contributed by atoms with Gasteiger partial charge >= 0.3 is 0 Å². The fourth-order valence-electron chi connectivity index (χ4n) is 2.52. The lowest BCUT2D eigenvalue weighted by molar-refractivity contribution is 0.209. The van der Waals surface area contributed by atoms with Crippen molar-refractivity contribution >= 4 is 0 Å². The maximum absolute atomic E-state index is 14.0. The van der Waals surface area contributed by atoms with E-state index in [1.807, 2.05) is 44.2 Å². The van der Waals surface area contributed by atoms with Gasteiger partial charge in [-0.2, -0.15) is 0 Å². The van der Waals surface area contributed by atoms with Crippen molar-refractivity contribution in [1.29, 1.82) is 0 Å². The van der Waals surface area contributed by atoms with Crippen molar-refractivity contribution in [2.75, 3.05) is 6.61 Å². The maximum Gasteiger partial charge on any atom is 0.146 e. The third-order valence-electron chi connectivity index (χ3n) is 4.22. The van der Waals surface area contributed by atoms with Gasteiger partial charge < -0.3 is 10.4 Å². The molecular weight excluding hydrogens is 291 g/mol. The normalized spacial score (nSPS) is 14.0. The minimum absolute atomic E-state index is 0.0272. The number of halogens is 1. The van der Waals surface area contributed by atoms with Gasteiger partial charge in [0.1, 0.15) is 5.82 Å². The van der Waals surface area contributed by atoms with E-state index in [-0.39, 0.29) is 30.3 Å². The third-order valence-corrected chi connectivity index (χ3v) is 4.22. The first-order valence-corrected chi connectivity index (χ1v) is 8.07. The van der Waals surface area contributed by atoms with Gasteiger partial charge in [0.15, 0.2) is 0 Å². The molecule has 4 heteroatoms. The molecule has 1 unspecified atom stereocenters. The van der Waals surface area contributed by atoms with Crippen molar-refractivity contribution in [3.8, 4) is 0 Å². The molecule has 1 aromatic heterocycles. The van der Waals surface area contributed by atoms with Crippen LogP contribution in [0.25, 0.3) is 0 Å². The molecule has 1 heterocycles. The molecule has 2 rings (SSSR count). The van der Waals surface area contributed by atoms with Crippen molar-refractivity contribution in [1.82, 2.24) is 10.3 Å². The van der Waals surface area contributed by atoms with Crippen LogP contribution >= 0.6 is 0 Å². The summed E-state index contributed by atoms with van der Waals surface area (Å²) in [5.41, 5.74) is 2.39. The molecule has 2 aromatic rings. The molecule has 0 aliphatic rings. The van der Waals surface area contributed by atoms with Crippen molar-refractivity contribution in [2.45, 2.75) is 39.3 Å². The number of nitrogens with zero attached hydrogens (tertiary/aromatic N) is 1. The summed E-state index contributed by atoms with van der Waals surface area (Å²) < 4.78 is 14.0. The molecular formula is C19H25FN2O. The summed E-state index contributed by atoms with van der Waals surface area (Å²) in [5, 5.41) is 12.5. The average molecular weight is 316 g/mol. The van der Waals surface area contributed by atoms with E-state index in [1.165, 1.54) is 6.07 Å². The molecule has 0 fully saturated rings. The van der Waals surface area contributed by atoms with E-state index in [2.05, 4.69) is 17.2 Å². The fourth-order valence-corrected chi connectivity index (χ4v) is 2.52. The van der Waals surface area contributed by atoms with Crippen LogP contribution in [0.1, 0.15) is 43.6 Å². The lowest BCUT2D eigenvalue weighted by Crippen LogP contribution is -2.37. The zero-order valence-corrected chi connectivity index (χ0v) is 14.0. The van der Waals surface area contributed by atoms with Crippen LogP contribution in [0.3, 0.4) is 0 Å². The molecule has 2 N–H and O–H groups in total. The van der Waals surface area contributed by atoms with Crippen LogP contribution in [0.4, 0.5) is 4.39 Å².